The van der Waals surface area contributed by atoms with Gasteiger partial charge in [0.2, 0.25) is 0 Å². The molecule has 0 saturated carbocycles. The average molecular weight is 352 g/mol. The Morgan fingerprint density at radius 1 is 1.27 bits per heavy atom. The van der Waals surface area contributed by atoms with Gasteiger partial charge in [-0.2, -0.15) is 5.10 Å². The molecule has 6 nitrogen and oxygen atoms in total. The van der Waals surface area contributed by atoms with Crippen molar-refractivity contribution in [3.05, 3.63) is 53.9 Å². The maximum Gasteiger partial charge on any atom is 0.254 e. The predicted molar refractivity (Wildman–Crippen MR) is 101 cm³/mol. The van der Waals surface area contributed by atoms with Gasteiger partial charge in [-0.05, 0) is 12.3 Å². The number of aromatic nitrogens is 3. The van der Waals surface area contributed by atoms with Crippen molar-refractivity contribution in [2.24, 2.45) is 0 Å². The van der Waals surface area contributed by atoms with Crippen molar-refractivity contribution in [1.82, 2.24) is 19.9 Å². The standard InChI is InChI=1S/C20H24N4O2/c1-14(2)19-16(20(25)21-10-7-11-26-3)13-22-18-12-17(23-24(18)19)15-8-5-4-6-9-15/h4-6,8-9,12-14H,7,10-11H2,1-3H3,(H,21,25). The van der Waals surface area contributed by atoms with Crippen LogP contribution in [-0.4, -0.2) is 40.8 Å². The predicted octanol–water partition coefficient (Wildman–Crippen LogP) is 3.29. The van der Waals surface area contributed by atoms with Crippen molar-refractivity contribution < 1.29 is 9.53 Å². The Bertz CT molecular complexity index is 887. The first kappa shape index (κ1) is 18.1. The smallest absolute Gasteiger partial charge is 0.254 e. The summed E-state index contributed by atoms with van der Waals surface area (Å²) in [5.74, 6) is -0.000266. The van der Waals surface area contributed by atoms with E-state index in [2.05, 4.69) is 24.1 Å². The number of hydrogen-bond donors (Lipinski definition) is 1. The molecule has 0 aliphatic heterocycles. The van der Waals surface area contributed by atoms with Crippen molar-refractivity contribution in [2.75, 3.05) is 20.3 Å². The monoisotopic (exact) mass is 352 g/mol. The van der Waals surface area contributed by atoms with Crippen molar-refractivity contribution in [1.29, 1.82) is 0 Å². The fraction of sp³-hybridized carbons (Fsp3) is 0.350. The summed E-state index contributed by atoms with van der Waals surface area (Å²) in [5, 5.41) is 7.64. The number of methoxy groups -OCH3 is 1. The van der Waals surface area contributed by atoms with Gasteiger partial charge in [-0.25, -0.2) is 9.50 Å². The average Bonchev–Trinajstić information content (AvgIpc) is 3.09. The highest BCUT2D eigenvalue weighted by atomic mass is 16.5. The molecule has 0 aliphatic carbocycles. The molecule has 26 heavy (non-hydrogen) atoms. The van der Waals surface area contributed by atoms with Crippen LogP contribution in [0.5, 0.6) is 0 Å². The molecule has 0 bridgehead atoms. The second kappa shape index (κ2) is 8.10. The number of fused-ring (bicyclic) bond motifs is 1. The molecule has 2 aromatic heterocycles. The van der Waals surface area contributed by atoms with Crippen LogP contribution in [0.2, 0.25) is 0 Å². The molecular weight excluding hydrogens is 328 g/mol. The Morgan fingerprint density at radius 3 is 2.73 bits per heavy atom. The molecule has 0 saturated heterocycles. The number of amides is 1. The quantitative estimate of drug-likeness (QED) is 0.663. The van der Waals surface area contributed by atoms with E-state index in [1.54, 1.807) is 17.8 Å². The number of carbonyl (C=O) groups is 1. The number of carbonyl (C=O) groups excluding carboxylic acids is 1. The Hall–Kier alpha value is -2.73. The molecule has 1 N–H and O–H groups in total. The van der Waals surface area contributed by atoms with Crippen LogP contribution in [-0.2, 0) is 4.74 Å². The van der Waals surface area contributed by atoms with Crippen molar-refractivity contribution in [3.63, 3.8) is 0 Å². The van der Waals surface area contributed by atoms with Gasteiger partial charge in [-0.1, -0.05) is 44.2 Å². The molecule has 2 heterocycles. The number of rotatable bonds is 7. The lowest BCUT2D eigenvalue weighted by molar-refractivity contribution is 0.0946. The molecule has 1 amide bonds. The highest BCUT2D eigenvalue weighted by Crippen LogP contribution is 2.24. The topological polar surface area (TPSA) is 68.5 Å². The molecule has 3 rings (SSSR count). The summed E-state index contributed by atoms with van der Waals surface area (Å²) in [5.41, 5.74) is 4.04. The van der Waals surface area contributed by atoms with Crippen LogP contribution >= 0.6 is 0 Å². The fourth-order valence-electron chi connectivity index (χ4n) is 2.95. The molecule has 6 heteroatoms. The van der Waals surface area contributed by atoms with Crippen LogP contribution in [0.25, 0.3) is 16.9 Å². The first-order valence-corrected chi connectivity index (χ1v) is 8.83. The van der Waals surface area contributed by atoms with Gasteiger partial charge < -0.3 is 10.1 Å². The van der Waals surface area contributed by atoms with Crippen molar-refractivity contribution in [3.8, 4) is 11.3 Å². The van der Waals surface area contributed by atoms with E-state index in [1.807, 2.05) is 36.4 Å². The number of benzene rings is 1. The lowest BCUT2D eigenvalue weighted by atomic mass is 10.0. The molecule has 0 radical (unpaired) electrons. The van der Waals surface area contributed by atoms with E-state index >= 15 is 0 Å². The number of nitrogens with one attached hydrogen (secondary N) is 1. The first-order valence-electron chi connectivity index (χ1n) is 8.83. The van der Waals surface area contributed by atoms with Gasteiger partial charge in [0.15, 0.2) is 5.65 Å². The second-order valence-corrected chi connectivity index (χ2v) is 6.48. The number of hydrogen-bond acceptors (Lipinski definition) is 4. The van der Waals surface area contributed by atoms with Gasteiger partial charge in [-0.15, -0.1) is 0 Å². The number of ether oxygens (including phenoxy) is 1. The minimum atomic E-state index is -0.129. The van der Waals surface area contributed by atoms with E-state index in [0.29, 0.717) is 18.7 Å². The zero-order valence-corrected chi connectivity index (χ0v) is 15.4. The van der Waals surface area contributed by atoms with E-state index in [0.717, 1.165) is 29.0 Å². The Labute approximate surface area is 153 Å². The maximum absolute atomic E-state index is 12.6. The highest BCUT2D eigenvalue weighted by Gasteiger charge is 2.19. The first-order chi connectivity index (χ1) is 12.6. The summed E-state index contributed by atoms with van der Waals surface area (Å²) >= 11 is 0. The normalized spacial score (nSPS) is 11.2. The third-order valence-corrected chi connectivity index (χ3v) is 4.19. The van der Waals surface area contributed by atoms with Crippen LogP contribution in [0.4, 0.5) is 0 Å². The Balaban J connectivity index is 1.97. The lowest BCUT2D eigenvalue weighted by Crippen LogP contribution is -2.27. The molecular formula is C20H24N4O2. The summed E-state index contributed by atoms with van der Waals surface area (Å²) in [6.45, 7) is 5.30. The zero-order valence-electron chi connectivity index (χ0n) is 15.4. The van der Waals surface area contributed by atoms with E-state index < -0.39 is 0 Å². The lowest BCUT2D eigenvalue weighted by Gasteiger charge is -2.14. The van der Waals surface area contributed by atoms with Crippen LogP contribution < -0.4 is 5.32 Å². The summed E-state index contributed by atoms with van der Waals surface area (Å²) in [7, 11) is 1.65. The largest absolute Gasteiger partial charge is 0.385 e. The summed E-state index contributed by atoms with van der Waals surface area (Å²) in [4.78, 5) is 17.1. The molecule has 0 spiro atoms. The van der Waals surface area contributed by atoms with Crippen LogP contribution in [0, 0.1) is 0 Å². The Morgan fingerprint density at radius 2 is 2.04 bits per heavy atom. The molecule has 1 aromatic carbocycles. The van der Waals surface area contributed by atoms with Crippen molar-refractivity contribution in [2.45, 2.75) is 26.2 Å². The minimum absolute atomic E-state index is 0.128. The summed E-state index contributed by atoms with van der Waals surface area (Å²) in [6, 6.07) is 11.9. The minimum Gasteiger partial charge on any atom is -0.385 e. The summed E-state index contributed by atoms with van der Waals surface area (Å²) < 4.78 is 6.80. The van der Waals surface area contributed by atoms with E-state index in [1.165, 1.54) is 0 Å². The van der Waals surface area contributed by atoms with Gasteiger partial charge in [0.05, 0.1) is 17.0 Å². The van der Waals surface area contributed by atoms with Crippen molar-refractivity contribution >= 4 is 11.6 Å². The van der Waals surface area contributed by atoms with Gasteiger partial charge in [0.25, 0.3) is 5.91 Å². The van der Waals surface area contributed by atoms with Gasteiger partial charge in [0, 0.05) is 38.1 Å². The number of nitrogens with zero attached hydrogens (tertiary/aromatic N) is 3. The molecule has 0 fully saturated rings. The van der Waals surface area contributed by atoms with Crippen LogP contribution in [0.3, 0.4) is 0 Å². The Kier molecular flexibility index (Phi) is 5.63. The van der Waals surface area contributed by atoms with Crippen LogP contribution in [0.15, 0.2) is 42.6 Å². The summed E-state index contributed by atoms with van der Waals surface area (Å²) in [6.07, 6.45) is 2.42. The molecule has 0 aliphatic rings. The second-order valence-electron chi connectivity index (χ2n) is 6.48. The molecule has 0 atom stereocenters. The highest BCUT2D eigenvalue weighted by molar-refractivity contribution is 5.95. The third-order valence-electron chi connectivity index (χ3n) is 4.19. The molecule has 3 aromatic rings. The molecule has 0 unspecified atom stereocenters. The zero-order chi connectivity index (χ0) is 18.5. The SMILES string of the molecule is COCCCNC(=O)c1cnc2cc(-c3ccccc3)nn2c1C(C)C. The fourth-order valence-corrected chi connectivity index (χ4v) is 2.95. The van der Waals surface area contributed by atoms with Crippen LogP contribution in [0.1, 0.15) is 42.2 Å². The van der Waals surface area contributed by atoms with E-state index in [-0.39, 0.29) is 11.8 Å². The van der Waals surface area contributed by atoms with E-state index in [9.17, 15) is 4.79 Å². The molecule has 136 valence electrons. The third kappa shape index (κ3) is 3.75. The van der Waals surface area contributed by atoms with Gasteiger partial charge >= 0.3 is 0 Å². The van der Waals surface area contributed by atoms with Gasteiger partial charge in [-0.3, -0.25) is 4.79 Å². The van der Waals surface area contributed by atoms with E-state index in [4.69, 9.17) is 9.84 Å². The maximum atomic E-state index is 12.6. The van der Waals surface area contributed by atoms with Gasteiger partial charge in [0.1, 0.15) is 0 Å².